The number of unbranched alkanes of at least 4 members (excludes halogenated alkanes) is 11. The highest BCUT2D eigenvalue weighted by Crippen LogP contribution is 2.13. The van der Waals surface area contributed by atoms with Crippen LogP contribution in [0.25, 0.3) is 0 Å². The monoisotopic (exact) mass is 286 g/mol. The Hall–Kier alpha value is -0.0800. The lowest BCUT2D eigenvalue weighted by molar-refractivity contribution is 0.179. The Morgan fingerprint density at radius 1 is 0.450 bits per heavy atom. The first-order valence-electron chi connectivity index (χ1n) is 8.99. The molecule has 2 heteroatoms. The van der Waals surface area contributed by atoms with Gasteiger partial charge >= 0.3 is 0 Å². The maximum atomic E-state index is 9.14. The van der Waals surface area contributed by atoms with Crippen LogP contribution in [0, 0.1) is 0 Å². The molecular formula is C18H38O2. The van der Waals surface area contributed by atoms with Crippen molar-refractivity contribution in [3.63, 3.8) is 0 Å². The Labute approximate surface area is 127 Å². The molecule has 0 aliphatic heterocycles. The molecule has 0 spiro atoms. The van der Waals surface area contributed by atoms with E-state index in [4.69, 9.17) is 10.2 Å². The molecule has 0 rings (SSSR count). The summed E-state index contributed by atoms with van der Waals surface area (Å²) in [7, 11) is 0. The van der Waals surface area contributed by atoms with Crippen molar-refractivity contribution < 1.29 is 10.2 Å². The lowest BCUT2D eigenvalue weighted by atomic mass is 10.0. The minimum Gasteiger partial charge on any atom is -0.393 e. The van der Waals surface area contributed by atoms with Crippen LogP contribution >= 0.6 is 0 Å². The molecule has 0 saturated carbocycles. The molecular weight excluding hydrogens is 248 g/mol. The van der Waals surface area contributed by atoms with Crippen molar-refractivity contribution in [1.82, 2.24) is 0 Å². The van der Waals surface area contributed by atoms with Gasteiger partial charge in [-0.3, -0.25) is 0 Å². The van der Waals surface area contributed by atoms with E-state index in [0.717, 1.165) is 12.8 Å². The van der Waals surface area contributed by atoms with Crippen LogP contribution in [0.5, 0.6) is 0 Å². The third-order valence-electron chi connectivity index (χ3n) is 3.99. The molecule has 2 nitrogen and oxygen atoms in total. The van der Waals surface area contributed by atoms with Gasteiger partial charge in [0.05, 0.1) is 12.2 Å². The second kappa shape index (κ2) is 15.3. The minimum absolute atomic E-state index is 0.115. The van der Waals surface area contributed by atoms with Crippen LogP contribution in [0.15, 0.2) is 0 Å². The van der Waals surface area contributed by atoms with Gasteiger partial charge in [-0.05, 0) is 26.7 Å². The van der Waals surface area contributed by atoms with Crippen molar-refractivity contribution in [1.29, 1.82) is 0 Å². The number of hydrogen-bond acceptors (Lipinski definition) is 2. The Bertz CT molecular complexity index is 158. The lowest BCUT2D eigenvalue weighted by Gasteiger charge is -2.05. The SMILES string of the molecule is CC(O)CCCCCCCCCCCCCCC(C)O. The van der Waals surface area contributed by atoms with Crippen molar-refractivity contribution in [3.8, 4) is 0 Å². The zero-order valence-corrected chi connectivity index (χ0v) is 13.9. The highest BCUT2D eigenvalue weighted by molar-refractivity contribution is 4.52. The predicted molar refractivity (Wildman–Crippen MR) is 88.0 cm³/mol. The van der Waals surface area contributed by atoms with Crippen LogP contribution in [0.2, 0.25) is 0 Å². The summed E-state index contributed by atoms with van der Waals surface area (Å²) in [6, 6.07) is 0. The van der Waals surface area contributed by atoms with Crippen LogP contribution in [0.1, 0.15) is 104 Å². The zero-order chi connectivity index (χ0) is 15.1. The van der Waals surface area contributed by atoms with Crippen molar-refractivity contribution in [2.75, 3.05) is 0 Å². The number of hydrogen-bond donors (Lipinski definition) is 2. The molecule has 0 bridgehead atoms. The molecule has 20 heavy (non-hydrogen) atoms. The topological polar surface area (TPSA) is 40.5 Å². The van der Waals surface area contributed by atoms with E-state index >= 15 is 0 Å². The molecule has 0 aromatic heterocycles. The van der Waals surface area contributed by atoms with Crippen molar-refractivity contribution in [2.45, 2.75) is 116 Å². The molecule has 2 unspecified atom stereocenters. The fraction of sp³-hybridized carbons (Fsp3) is 1.00. The summed E-state index contributed by atoms with van der Waals surface area (Å²) in [5.41, 5.74) is 0. The average molecular weight is 286 g/mol. The second-order valence-corrected chi connectivity index (χ2v) is 6.52. The summed E-state index contributed by atoms with van der Waals surface area (Å²) in [5, 5.41) is 18.3. The molecule has 0 aliphatic rings. The molecule has 0 amide bonds. The van der Waals surface area contributed by atoms with E-state index in [1.165, 1.54) is 77.0 Å². The molecule has 0 heterocycles. The van der Waals surface area contributed by atoms with Gasteiger partial charge in [-0.15, -0.1) is 0 Å². The van der Waals surface area contributed by atoms with Gasteiger partial charge in [-0.25, -0.2) is 0 Å². The third kappa shape index (κ3) is 17.9. The van der Waals surface area contributed by atoms with E-state index in [2.05, 4.69) is 0 Å². The summed E-state index contributed by atoms with van der Waals surface area (Å²) in [6.45, 7) is 3.76. The minimum atomic E-state index is -0.115. The van der Waals surface area contributed by atoms with E-state index < -0.39 is 0 Å². The molecule has 0 aromatic carbocycles. The third-order valence-corrected chi connectivity index (χ3v) is 3.99. The molecule has 0 radical (unpaired) electrons. The van der Waals surface area contributed by atoms with Gasteiger partial charge in [0.15, 0.2) is 0 Å². The number of aliphatic hydroxyl groups is 2. The van der Waals surface area contributed by atoms with Crippen LogP contribution < -0.4 is 0 Å². The largest absolute Gasteiger partial charge is 0.393 e. The van der Waals surface area contributed by atoms with Crippen molar-refractivity contribution in [3.05, 3.63) is 0 Å². The Morgan fingerprint density at radius 3 is 0.850 bits per heavy atom. The van der Waals surface area contributed by atoms with E-state index in [1.807, 2.05) is 13.8 Å². The normalized spacial score (nSPS) is 14.4. The van der Waals surface area contributed by atoms with E-state index in [9.17, 15) is 0 Å². The lowest BCUT2D eigenvalue weighted by Crippen LogP contribution is -1.98. The second-order valence-electron chi connectivity index (χ2n) is 6.52. The van der Waals surface area contributed by atoms with Gasteiger partial charge < -0.3 is 10.2 Å². The molecule has 2 atom stereocenters. The fourth-order valence-corrected chi connectivity index (χ4v) is 2.65. The number of rotatable bonds is 15. The summed E-state index contributed by atoms with van der Waals surface area (Å²) in [6.07, 6.45) is 17.6. The fourth-order valence-electron chi connectivity index (χ4n) is 2.65. The first-order valence-corrected chi connectivity index (χ1v) is 8.99. The van der Waals surface area contributed by atoms with Gasteiger partial charge in [0, 0.05) is 0 Å². The van der Waals surface area contributed by atoms with Crippen LogP contribution in [0.4, 0.5) is 0 Å². The first kappa shape index (κ1) is 19.9. The number of aliphatic hydroxyl groups excluding tert-OH is 2. The molecule has 0 aliphatic carbocycles. The van der Waals surface area contributed by atoms with Gasteiger partial charge in [0.1, 0.15) is 0 Å². The molecule has 122 valence electrons. The maximum absolute atomic E-state index is 9.14. The predicted octanol–water partition coefficient (Wildman–Crippen LogP) is 5.21. The Morgan fingerprint density at radius 2 is 0.650 bits per heavy atom. The Kier molecular flexibility index (Phi) is 15.3. The quantitative estimate of drug-likeness (QED) is 0.406. The standard InChI is InChI=1S/C18H38O2/c1-17(19)15-13-11-9-7-5-3-4-6-8-10-12-14-16-18(2)20/h17-20H,3-16H2,1-2H3. The van der Waals surface area contributed by atoms with E-state index in [-0.39, 0.29) is 12.2 Å². The highest BCUT2D eigenvalue weighted by Gasteiger charge is 1.97. The van der Waals surface area contributed by atoms with E-state index in [0.29, 0.717) is 0 Å². The average Bonchev–Trinajstić information content (AvgIpc) is 2.38. The summed E-state index contributed by atoms with van der Waals surface area (Å²) >= 11 is 0. The molecule has 0 saturated heterocycles. The van der Waals surface area contributed by atoms with Gasteiger partial charge in [-0.2, -0.15) is 0 Å². The van der Waals surface area contributed by atoms with Crippen molar-refractivity contribution in [2.24, 2.45) is 0 Å². The van der Waals surface area contributed by atoms with Gasteiger partial charge in [-0.1, -0.05) is 77.0 Å². The smallest absolute Gasteiger partial charge is 0.0512 e. The first-order chi connectivity index (χ1) is 9.63. The zero-order valence-electron chi connectivity index (χ0n) is 13.9. The van der Waals surface area contributed by atoms with Crippen molar-refractivity contribution >= 4 is 0 Å². The molecule has 2 N–H and O–H groups in total. The summed E-state index contributed by atoms with van der Waals surface area (Å²) < 4.78 is 0. The highest BCUT2D eigenvalue weighted by atomic mass is 16.3. The Balaban J connectivity index is 2.96. The maximum Gasteiger partial charge on any atom is 0.0512 e. The van der Waals surface area contributed by atoms with Crippen LogP contribution in [-0.2, 0) is 0 Å². The molecule has 0 fully saturated rings. The van der Waals surface area contributed by atoms with Crippen LogP contribution in [0.3, 0.4) is 0 Å². The summed E-state index contributed by atoms with van der Waals surface area (Å²) in [5.74, 6) is 0. The van der Waals surface area contributed by atoms with E-state index in [1.54, 1.807) is 0 Å². The molecule has 0 aromatic rings. The van der Waals surface area contributed by atoms with Gasteiger partial charge in [0.25, 0.3) is 0 Å². The van der Waals surface area contributed by atoms with Crippen LogP contribution in [-0.4, -0.2) is 22.4 Å². The summed E-state index contributed by atoms with van der Waals surface area (Å²) in [4.78, 5) is 0. The van der Waals surface area contributed by atoms with Gasteiger partial charge in [0.2, 0.25) is 0 Å².